The van der Waals surface area contributed by atoms with E-state index in [4.69, 9.17) is 8.83 Å². The van der Waals surface area contributed by atoms with Crippen molar-refractivity contribution in [3.63, 3.8) is 0 Å². The van der Waals surface area contributed by atoms with E-state index in [1.165, 1.54) is 81.6 Å². The lowest BCUT2D eigenvalue weighted by Gasteiger charge is -2.46. The standard InChI is InChI=1S/C77H50BN3O2S/c1-76(2,3)45-32-37-64-61(40-45)78-60-36-35-59-73(53-22-4-9-23-56(53)77(59)57-24-10-16-30-71(57)84-72-31-17-11-25-58(72)77)75(60)81(47-34-39-70-55(42-47)52-21-8-15-29-68(52)83-70)66-44-48(80-62-26-12-5-18-49(62)50-19-6-13-27-63(50)80)43-65(74(66)78)79(64)46-33-38-69-54(41-46)51-20-7-14-28-67(51)82-69/h4-44H,1-3H3. The molecule has 6 heterocycles. The van der Waals surface area contributed by atoms with E-state index >= 15 is 0 Å². The van der Waals surface area contributed by atoms with Gasteiger partial charge in [-0.2, -0.15) is 0 Å². The van der Waals surface area contributed by atoms with E-state index < -0.39 is 5.41 Å². The Hall–Kier alpha value is -9.95. The summed E-state index contributed by atoms with van der Waals surface area (Å²) in [4.78, 5) is 7.80. The van der Waals surface area contributed by atoms with Gasteiger partial charge in [0.2, 0.25) is 0 Å². The van der Waals surface area contributed by atoms with Crippen LogP contribution in [0.3, 0.4) is 0 Å². The third-order valence-electron chi connectivity index (χ3n) is 19.0. The summed E-state index contributed by atoms with van der Waals surface area (Å²) in [5.74, 6) is 0. The van der Waals surface area contributed by atoms with Gasteiger partial charge in [0.15, 0.2) is 0 Å². The van der Waals surface area contributed by atoms with Crippen LogP contribution in [0.2, 0.25) is 0 Å². The van der Waals surface area contributed by atoms with Gasteiger partial charge in [-0.25, -0.2) is 0 Å². The highest BCUT2D eigenvalue weighted by Crippen LogP contribution is 2.65. The molecule has 3 aliphatic heterocycles. The van der Waals surface area contributed by atoms with Crippen molar-refractivity contribution < 1.29 is 8.83 Å². The molecule has 0 atom stereocenters. The van der Waals surface area contributed by atoms with E-state index in [1.54, 1.807) is 0 Å². The predicted octanol–water partition coefficient (Wildman–Crippen LogP) is 18.8. The molecule has 0 bridgehead atoms. The second kappa shape index (κ2) is 16.6. The first-order valence-electron chi connectivity index (χ1n) is 29.2. The molecule has 0 saturated carbocycles. The smallest absolute Gasteiger partial charge is 0.252 e. The molecule has 5 nitrogen and oxygen atoms in total. The van der Waals surface area contributed by atoms with Crippen molar-refractivity contribution in [2.24, 2.45) is 0 Å². The molecule has 19 rings (SSSR count). The lowest BCUT2D eigenvalue weighted by Crippen LogP contribution is -2.61. The van der Waals surface area contributed by atoms with Gasteiger partial charge < -0.3 is 23.2 Å². The van der Waals surface area contributed by atoms with Gasteiger partial charge in [-0.3, -0.25) is 0 Å². The van der Waals surface area contributed by atoms with Crippen LogP contribution in [0, 0.1) is 0 Å². The van der Waals surface area contributed by atoms with Crippen molar-refractivity contribution in [1.29, 1.82) is 0 Å². The summed E-state index contributed by atoms with van der Waals surface area (Å²) in [6.45, 7) is 6.86. The number of fused-ring (bicyclic) bond motifs is 23. The molecule has 12 aromatic carbocycles. The Morgan fingerprint density at radius 3 is 1.55 bits per heavy atom. The maximum Gasteiger partial charge on any atom is 0.252 e. The van der Waals surface area contributed by atoms with Crippen LogP contribution in [0.1, 0.15) is 48.6 Å². The molecule has 7 heteroatoms. The summed E-state index contributed by atoms with van der Waals surface area (Å²) in [5.41, 5.74) is 25.8. The first-order chi connectivity index (χ1) is 41.3. The number of hydrogen-bond donors (Lipinski definition) is 0. The highest BCUT2D eigenvalue weighted by atomic mass is 32.2. The third-order valence-corrected chi connectivity index (χ3v) is 20.1. The largest absolute Gasteiger partial charge is 0.456 e. The van der Waals surface area contributed by atoms with Crippen molar-refractivity contribution in [3.8, 4) is 16.8 Å². The first-order valence-corrected chi connectivity index (χ1v) is 30.0. The monoisotopic (exact) mass is 1090 g/mol. The minimum absolute atomic E-state index is 0.132. The number of benzene rings is 12. The summed E-state index contributed by atoms with van der Waals surface area (Å²) in [7, 11) is 0. The van der Waals surface area contributed by atoms with Crippen molar-refractivity contribution in [1.82, 2.24) is 4.57 Å². The average Bonchev–Trinajstić information content (AvgIpc) is 1.42. The average molecular weight is 1090 g/mol. The fourth-order valence-electron chi connectivity index (χ4n) is 15.5. The number of furan rings is 2. The molecular weight excluding hydrogens is 1040 g/mol. The van der Waals surface area contributed by atoms with E-state index in [9.17, 15) is 0 Å². The SMILES string of the molecule is CC(C)(C)c1ccc2c(c1)B1c3ccc4c(c3N(c3ccc5oc6ccccc6c5c3)c3cc(-n5c6ccccc6c6ccccc65)cc(c31)N2c1ccc2oc3ccccc3c2c1)-c1ccccc1C41c2ccccc2Sc2ccccc21. The Bertz CT molecular complexity index is 5310. The molecule has 0 saturated heterocycles. The Morgan fingerprint density at radius 2 is 0.917 bits per heavy atom. The van der Waals surface area contributed by atoms with E-state index in [-0.39, 0.29) is 12.1 Å². The summed E-state index contributed by atoms with van der Waals surface area (Å²) in [5, 5.41) is 6.81. The van der Waals surface area contributed by atoms with Gasteiger partial charge in [0.25, 0.3) is 6.71 Å². The highest BCUT2D eigenvalue weighted by molar-refractivity contribution is 7.99. The molecule has 0 radical (unpaired) electrons. The molecule has 84 heavy (non-hydrogen) atoms. The number of para-hydroxylation sites is 4. The fraction of sp³-hybridized carbons (Fsp3) is 0.0649. The molecule has 0 unspecified atom stereocenters. The number of anilines is 6. The van der Waals surface area contributed by atoms with Gasteiger partial charge in [0.05, 0.1) is 22.1 Å². The van der Waals surface area contributed by atoms with E-state index in [2.05, 4.69) is 284 Å². The minimum atomic E-state index is -0.595. The Kier molecular flexibility index (Phi) is 9.23. The molecule has 1 aliphatic carbocycles. The highest BCUT2D eigenvalue weighted by Gasteiger charge is 2.54. The van der Waals surface area contributed by atoms with Gasteiger partial charge in [-0.1, -0.05) is 190 Å². The second-order valence-corrected chi connectivity index (χ2v) is 25.4. The summed E-state index contributed by atoms with van der Waals surface area (Å²) >= 11 is 1.89. The number of rotatable bonds is 3. The first kappa shape index (κ1) is 46.6. The minimum Gasteiger partial charge on any atom is -0.456 e. The zero-order valence-electron chi connectivity index (χ0n) is 46.3. The van der Waals surface area contributed by atoms with Gasteiger partial charge in [0.1, 0.15) is 22.3 Å². The van der Waals surface area contributed by atoms with Crippen LogP contribution in [-0.4, -0.2) is 11.3 Å². The van der Waals surface area contributed by atoms with Gasteiger partial charge in [-0.05, 0) is 146 Å². The molecule has 3 aromatic heterocycles. The van der Waals surface area contributed by atoms with Crippen LogP contribution < -0.4 is 26.2 Å². The van der Waals surface area contributed by atoms with Crippen LogP contribution in [0.25, 0.3) is 82.5 Å². The van der Waals surface area contributed by atoms with Crippen LogP contribution in [0.4, 0.5) is 34.1 Å². The third kappa shape index (κ3) is 6.06. The quantitative estimate of drug-likeness (QED) is 0.165. The van der Waals surface area contributed by atoms with Gasteiger partial charge in [-0.15, -0.1) is 0 Å². The second-order valence-electron chi connectivity index (χ2n) is 24.3. The maximum atomic E-state index is 6.66. The van der Waals surface area contributed by atoms with Crippen LogP contribution >= 0.6 is 11.8 Å². The zero-order valence-corrected chi connectivity index (χ0v) is 47.1. The molecule has 0 N–H and O–H groups in total. The van der Waals surface area contributed by atoms with Crippen molar-refractivity contribution in [2.45, 2.75) is 41.4 Å². The van der Waals surface area contributed by atoms with Crippen molar-refractivity contribution >= 4 is 135 Å². The molecule has 0 amide bonds. The number of nitrogens with zero attached hydrogens (tertiary/aromatic N) is 3. The Morgan fingerprint density at radius 1 is 0.393 bits per heavy atom. The van der Waals surface area contributed by atoms with Gasteiger partial charge >= 0.3 is 0 Å². The van der Waals surface area contributed by atoms with Crippen LogP contribution in [0.5, 0.6) is 0 Å². The summed E-state index contributed by atoms with van der Waals surface area (Å²) < 4.78 is 15.7. The molecule has 15 aromatic rings. The van der Waals surface area contributed by atoms with E-state index in [1.807, 2.05) is 11.8 Å². The molecule has 1 spiro atoms. The topological polar surface area (TPSA) is 37.7 Å². The van der Waals surface area contributed by atoms with Crippen molar-refractivity contribution in [3.05, 3.63) is 277 Å². The number of hydrogen-bond acceptors (Lipinski definition) is 5. The lowest BCUT2D eigenvalue weighted by atomic mass is 9.33. The molecule has 394 valence electrons. The maximum absolute atomic E-state index is 6.66. The van der Waals surface area contributed by atoms with Crippen LogP contribution in [0.15, 0.2) is 267 Å². The molecular formula is C77H50BN3O2S. The Labute approximate surface area is 489 Å². The lowest BCUT2D eigenvalue weighted by molar-refractivity contribution is 0.591. The zero-order chi connectivity index (χ0) is 55.3. The van der Waals surface area contributed by atoms with Crippen molar-refractivity contribution in [2.75, 3.05) is 9.80 Å². The van der Waals surface area contributed by atoms with Gasteiger partial charge in [0, 0.05) is 81.8 Å². The molecule has 4 aliphatic rings. The normalized spacial score (nSPS) is 14.3. The van der Waals surface area contributed by atoms with E-state index in [0.29, 0.717) is 0 Å². The Balaban J connectivity index is 1.00. The summed E-state index contributed by atoms with van der Waals surface area (Å²) in [6, 6.07) is 93.5. The molecule has 0 fully saturated rings. The predicted molar refractivity (Wildman–Crippen MR) is 349 cm³/mol. The fourth-order valence-corrected chi connectivity index (χ4v) is 16.6. The number of aromatic nitrogens is 1. The van der Waals surface area contributed by atoms with Crippen LogP contribution in [-0.2, 0) is 10.8 Å². The summed E-state index contributed by atoms with van der Waals surface area (Å²) in [6.07, 6.45) is 0. The van der Waals surface area contributed by atoms with E-state index in [0.717, 1.165) is 89.0 Å².